The average molecular weight is 374 g/mol. The summed E-state index contributed by atoms with van der Waals surface area (Å²) in [4.78, 5) is 25.1. The second kappa shape index (κ2) is 7.90. The number of nitro groups is 1. The van der Waals surface area contributed by atoms with Crippen molar-refractivity contribution in [3.05, 3.63) is 33.9 Å². The van der Waals surface area contributed by atoms with Gasteiger partial charge in [0.2, 0.25) is 5.91 Å². The Morgan fingerprint density at radius 3 is 2.38 bits per heavy atom. The maximum Gasteiger partial charge on any atom is 0.418 e. The lowest BCUT2D eigenvalue weighted by molar-refractivity contribution is -0.385. The molecule has 1 amide bonds. The standard InChI is InChI=1S/C16H21F3N4O3/c1-11(2)20-15(24)10-21-5-7-22(8-6-21)14-4-3-12(23(25)26)9-13(14)16(17,18)19/h3-4,9,11H,5-8,10H2,1-2H3,(H,20,24). The summed E-state index contributed by atoms with van der Waals surface area (Å²) in [6.45, 7) is 5.36. The summed E-state index contributed by atoms with van der Waals surface area (Å²) in [5.41, 5.74) is -1.68. The molecule has 1 fully saturated rings. The second-order valence-corrected chi connectivity index (χ2v) is 6.44. The first-order chi connectivity index (χ1) is 12.1. The number of carbonyl (C=O) groups is 1. The maximum atomic E-state index is 13.3. The molecule has 1 aromatic rings. The number of nitrogens with one attached hydrogen (secondary N) is 1. The van der Waals surface area contributed by atoms with Gasteiger partial charge in [-0.05, 0) is 19.9 Å². The number of carbonyl (C=O) groups excluding carboxylic acids is 1. The topological polar surface area (TPSA) is 78.7 Å². The molecule has 1 N–H and O–H groups in total. The Hall–Kier alpha value is -2.36. The van der Waals surface area contributed by atoms with Crippen LogP contribution in [0.3, 0.4) is 0 Å². The van der Waals surface area contributed by atoms with Gasteiger partial charge in [0.15, 0.2) is 0 Å². The van der Waals surface area contributed by atoms with Crippen LogP contribution >= 0.6 is 0 Å². The Bertz CT molecular complexity index is 671. The second-order valence-electron chi connectivity index (χ2n) is 6.44. The summed E-state index contributed by atoms with van der Waals surface area (Å²) in [7, 11) is 0. The molecule has 1 saturated heterocycles. The summed E-state index contributed by atoms with van der Waals surface area (Å²) in [6.07, 6.45) is -4.68. The van der Waals surface area contributed by atoms with Gasteiger partial charge in [-0.15, -0.1) is 0 Å². The van der Waals surface area contributed by atoms with Gasteiger partial charge in [-0.2, -0.15) is 13.2 Å². The van der Waals surface area contributed by atoms with Gasteiger partial charge in [-0.1, -0.05) is 0 Å². The van der Waals surface area contributed by atoms with E-state index in [4.69, 9.17) is 0 Å². The molecule has 144 valence electrons. The molecule has 0 spiro atoms. The quantitative estimate of drug-likeness (QED) is 0.632. The lowest BCUT2D eigenvalue weighted by atomic mass is 10.1. The highest BCUT2D eigenvalue weighted by molar-refractivity contribution is 5.78. The predicted molar refractivity (Wildman–Crippen MR) is 90.0 cm³/mol. The van der Waals surface area contributed by atoms with Crippen LogP contribution in [-0.4, -0.2) is 54.5 Å². The van der Waals surface area contributed by atoms with Crippen molar-refractivity contribution in [2.45, 2.75) is 26.1 Å². The summed E-state index contributed by atoms with van der Waals surface area (Å²) in [5.74, 6) is -0.125. The van der Waals surface area contributed by atoms with Gasteiger partial charge in [-0.25, -0.2) is 0 Å². The van der Waals surface area contributed by atoms with Crippen LogP contribution in [0.1, 0.15) is 19.4 Å². The van der Waals surface area contributed by atoms with Gasteiger partial charge in [0.1, 0.15) is 0 Å². The van der Waals surface area contributed by atoms with Crippen LogP contribution in [-0.2, 0) is 11.0 Å². The monoisotopic (exact) mass is 374 g/mol. The number of nitrogens with zero attached hydrogens (tertiary/aromatic N) is 3. The maximum absolute atomic E-state index is 13.3. The first-order valence-corrected chi connectivity index (χ1v) is 8.20. The molecule has 0 aliphatic carbocycles. The molecule has 7 nitrogen and oxygen atoms in total. The Kier molecular flexibility index (Phi) is 6.06. The highest BCUT2D eigenvalue weighted by Crippen LogP contribution is 2.39. The minimum absolute atomic E-state index is 0.0262. The molecule has 1 aliphatic rings. The molecule has 2 rings (SSSR count). The van der Waals surface area contributed by atoms with Crippen LogP contribution in [0.25, 0.3) is 0 Å². The summed E-state index contributed by atoms with van der Waals surface area (Å²) < 4.78 is 39.9. The molecule has 0 radical (unpaired) electrons. The Morgan fingerprint density at radius 1 is 1.27 bits per heavy atom. The van der Waals surface area contributed by atoms with E-state index in [1.54, 1.807) is 4.90 Å². The number of amides is 1. The minimum atomic E-state index is -4.68. The van der Waals surface area contributed by atoms with Gasteiger partial charge in [0.05, 0.1) is 17.0 Å². The number of hydrogen-bond donors (Lipinski definition) is 1. The lowest BCUT2D eigenvalue weighted by Crippen LogP contribution is -2.50. The van der Waals surface area contributed by atoms with E-state index in [9.17, 15) is 28.1 Å². The van der Waals surface area contributed by atoms with Crippen LogP contribution in [0.15, 0.2) is 18.2 Å². The fraction of sp³-hybridized carbons (Fsp3) is 0.562. The number of non-ortho nitro benzene ring substituents is 1. The first-order valence-electron chi connectivity index (χ1n) is 8.20. The number of anilines is 1. The zero-order valence-electron chi connectivity index (χ0n) is 14.5. The zero-order valence-corrected chi connectivity index (χ0v) is 14.5. The molecular weight excluding hydrogens is 353 g/mol. The SMILES string of the molecule is CC(C)NC(=O)CN1CCN(c2ccc([N+](=O)[O-])cc2C(F)(F)F)CC1. The summed E-state index contributed by atoms with van der Waals surface area (Å²) in [6, 6.07) is 2.81. The number of alkyl halides is 3. The number of halogens is 3. The van der Waals surface area contributed by atoms with Crippen LogP contribution in [0.2, 0.25) is 0 Å². The van der Waals surface area contributed by atoms with Crippen molar-refractivity contribution >= 4 is 17.3 Å². The molecule has 0 bridgehead atoms. The van der Waals surface area contributed by atoms with Gasteiger partial charge >= 0.3 is 6.18 Å². The molecular formula is C16H21F3N4O3. The van der Waals surface area contributed by atoms with E-state index in [1.165, 1.54) is 0 Å². The summed E-state index contributed by atoms with van der Waals surface area (Å²) >= 11 is 0. The third-order valence-corrected chi connectivity index (χ3v) is 4.03. The summed E-state index contributed by atoms with van der Waals surface area (Å²) in [5, 5.41) is 13.5. The normalized spacial score (nSPS) is 16.0. The van der Waals surface area contributed by atoms with Gasteiger partial charge in [-0.3, -0.25) is 19.8 Å². The van der Waals surface area contributed by atoms with Crippen LogP contribution < -0.4 is 10.2 Å². The van der Waals surface area contributed by atoms with E-state index in [1.807, 2.05) is 18.7 Å². The van der Waals surface area contributed by atoms with Crippen LogP contribution in [0.5, 0.6) is 0 Å². The number of rotatable bonds is 5. The smallest absolute Gasteiger partial charge is 0.368 e. The zero-order chi connectivity index (χ0) is 19.5. The Balaban J connectivity index is 2.09. The van der Waals surface area contributed by atoms with Crippen molar-refractivity contribution in [2.24, 2.45) is 0 Å². The Labute approximate surface area is 148 Å². The molecule has 1 aliphatic heterocycles. The van der Waals surface area contributed by atoms with Crippen molar-refractivity contribution in [3.8, 4) is 0 Å². The van der Waals surface area contributed by atoms with Crippen LogP contribution in [0, 0.1) is 10.1 Å². The minimum Gasteiger partial charge on any atom is -0.368 e. The molecule has 1 aromatic carbocycles. The number of benzene rings is 1. The third kappa shape index (κ3) is 5.07. The van der Waals surface area contributed by atoms with Crippen LogP contribution in [0.4, 0.5) is 24.5 Å². The molecule has 0 saturated carbocycles. The van der Waals surface area contributed by atoms with Gasteiger partial charge in [0.25, 0.3) is 5.69 Å². The van der Waals surface area contributed by atoms with Crippen molar-refractivity contribution in [3.63, 3.8) is 0 Å². The van der Waals surface area contributed by atoms with Crippen molar-refractivity contribution in [1.29, 1.82) is 0 Å². The van der Waals surface area contributed by atoms with E-state index in [0.717, 1.165) is 12.1 Å². The highest BCUT2D eigenvalue weighted by atomic mass is 19.4. The fourth-order valence-electron chi connectivity index (χ4n) is 2.86. The Morgan fingerprint density at radius 2 is 1.88 bits per heavy atom. The fourth-order valence-corrected chi connectivity index (χ4v) is 2.86. The van der Waals surface area contributed by atoms with E-state index >= 15 is 0 Å². The van der Waals surface area contributed by atoms with Crippen molar-refractivity contribution in [1.82, 2.24) is 10.2 Å². The number of hydrogen-bond acceptors (Lipinski definition) is 5. The molecule has 10 heteroatoms. The third-order valence-electron chi connectivity index (χ3n) is 4.03. The van der Waals surface area contributed by atoms with Crippen molar-refractivity contribution < 1.29 is 22.9 Å². The molecule has 1 heterocycles. The highest BCUT2D eigenvalue weighted by Gasteiger charge is 2.37. The van der Waals surface area contributed by atoms with E-state index in [2.05, 4.69) is 5.32 Å². The van der Waals surface area contributed by atoms with Gasteiger partial charge < -0.3 is 10.2 Å². The van der Waals surface area contributed by atoms with E-state index in [0.29, 0.717) is 32.2 Å². The average Bonchev–Trinajstić information content (AvgIpc) is 2.53. The number of nitro benzene ring substituents is 1. The largest absolute Gasteiger partial charge is 0.418 e. The molecule has 0 unspecified atom stereocenters. The lowest BCUT2D eigenvalue weighted by Gasteiger charge is -2.36. The molecule has 26 heavy (non-hydrogen) atoms. The first kappa shape index (κ1) is 20.0. The van der Waals surface area contributed by atoms with Gasteiger partial charge in [0, 0.05) is 50.0 Å². The molecule has 0 atom stereocenters. The predicted octanol–water partition coefficient (Wildman–Crippen LogP) is 2.26. The van der Waals surface area contributed by atoms with E-state index in [-0.39, 0.29) is 24.2 Å². The van der Waals surface area contributed by atoms with E-state index < -0.39 is 22.4 Å². The van der Waals surface area contributed by atoms with Crippen molar-refractivity contribution in [2.75, 3.05) is 37.6 Å². The number of piperazine rings is 1. The molecule has 0 aromatic heterocycles.